The highest BCUT2D eigenvalue weighted by Gasteiger charge is 2.28. The Bertz CT molecular complexity index is 1520. The molecule has 14 nitrogen and oxygen atoms in total. The number of hydrogen-bond donors (Lipinski definition) is 5. The summed E-state index contributed by atoms with van der Waals surface area (Å²) in [5.74, 6) is -1.22. The van der Waals surface area contributed by atoms with Crippen LogP contribution in [0.2, 0.25) is 0 Å². The molecule has 352 valence electrons. The zero-order valence-electron chi connectivity index (χ0n) is 36.8. The van der Waals surface area contributed by atoms with Crippen LogP contribution >= 0.6 is 15.6 Å². The largest absolute Gasteiger partial charge is 0.472 e. The van der Waals surface area contributed by atoms with E-state index in [1.54, 1.807) is 6.08 Å². The summed E-state index contributed by atoms with van der Waals surface area (Å²) in [6.45, 7) is 1.29. The fraction of sp³-hybridized carbons (Fsp3) is 0.565. The van der Waals surface area contributed by atoms with Crippen molar-refractivity contribution >= 4 is 27.6 Å². The van der Waals surface area contributed by atoms with E-state index in [1.807, 2.05) is 36.5 Å². The van der Waals surface area contributed by atoms with Crippen molar-refractivity contribution < 1.29 is 66.7 Å². The molecule has 0 aromatic carbocycles. The lowest BCUT2D eigenvalue weighted by Crippen LogP contribution is -2.29. The second kappa shape index (κ2) is 40.5. The van der Waals surface area contributed by atoms with Crippen molar-refractivity contribution in [1.29, 1.82) is 0 Å². The van der Waals surface area contributed by atoms with E-state index < -0.39 is 72.3 Å². The minimum Gasteiger partial charge on any atom is -0.462 e. The van der Waals surface area contributed by atoms with Gasteiger partial charge in [0.25, 0.3) is 0 Å². The molecule has 0 saturated carbocycles. The molecule has 0 aliphatic rings. The van der Waals surface area contributed by atoms with Crippen LogP contribution in [0.4, 0.5) is 0 Å². The van der Waals surface area contributed by atoms with E-state index in [0.717, 1.165) is 70.6 Å². The molecule has 0 fully saturated rings. The number of phosphoric acid groups is 2. The third-order valence-corrected chi connectivity index (χ3v) is 9.70. The molecule has 0 aliphatic carbocycles. The predicted molar refractivity (Wildman–Crippen MR) is 245 cm³/mol. The normalized spacial score (nSPS) is 15.5. The van der Waals surface area contributed by atoms with Crippen LogP contribution < -0.4 is 0 Å². The number of ether oxygens (including phenoxy) is 2. The van der Waals surface area contributed by atoms with Crippen molar-refractivity contribution in [2.45, 2.75) is 141 Å². The molecular weight excluding hydrogens is 838 g/mol. The Morgan fingerprint density at radius 3 is 1.58 bits per heavy atom. The topological polar surface area (TPSA) is 216 Å². The highest BCUT2D eigenvalue weighted by molar-refractivity contribution is 7.47. The molecule has 0 amide bonds. The second-order valence-electron chi connectivity index (χ2n) is 14.1. The van der Waals surface area contributed by atoms with Crippen molar-refractivity contribution in [3.05, 3.63) is 109 Å². The van der Waals surface area contributed by atoms with Gasteiger partial charge in [-0.15, -0.1) is 0 Å². The van der Waals surface area contributed by atoms with Crippen LogP contribution in [0.15, 0.2) is 109 Å². The fourth-order valence-corrected chi connectivity index (χ4v) is 6.18. The zero-order valence-corrected chi connectivity index (χ0v) is 38.6. The van der Waals surface area contributed by atoms with E-state index in [0.29, 0.717) is 25.7 Å². The Labute approximate surface area is 370 Å². The molecule has 0 aromatic heterocycles. The Balaban J connectivity index is 4.74. The number of aliphatic hydroxyl groups excluding tert-OH is 2. The molecule has 16 heteroatoms. The molecule has 0 aromatic rings. The van der Waals surface area contributed by atoms with Crippen molar-refractivity contribution in [1.82, 2.24) is 0 Å². The lowest BCUT2D eigenvalue weighted by atomic mass is 10.1. The molecule has 2 unspecified atom stereocenters. The van der Waals surface area contributed by atoms with E-state index in [1.165, 1.54) is 0 Å². The van der Waals surface area contributed by atoms with E-state index in [2.05, 4.69) is 89.7 Å². The van der Waals surface area contributed by atoms with Gasteiger partial charge in [0.05, 0.1) is 25.9 Å². The summed E-state index contributed by atoms with van der Waals surface area (Å²) >= 11 is 0. The molecule has 0 heterocycles. The van der Waals surface area contributed by atoms with Gasteiger partial charge in [-0.3, -0.25) is 23.2 Å². The number of carbonyl (C=O) groups is 2. The first-order chi connectivity index (χ1) is 29.8. The molecule has 0 spiro atoms. The maximum Gasteiger partial charge on any atom is 0.472 e. The highest BCUT2D eigenvalue weighted by atomic mass is 31.2. The lowest BCUT2D eigenvalue weighted by molar-refractivity contribution is -0.161. The number of allylic oxidation sites excluding steroid dienone is 17. The van der Waals surface area contributed by atoms with Crippen molar-refractivity contribution in [2.75, 3.05) is 26.4 Å². The fourth-order valence-electron chi connectivity index (χ4n) is 5.03. The number of rotatable bonds is 39. The Morgan fingerprint density at radius 2 is 1.02 bits per heavy atom. The maximum absolute atomic E-state index is 12.7. The molecule has 62 heavy (non-hydrogen) atoms. The van der Waals surface area contributed by atoms with Crippen LogP contribution in [-0.2, 0) is 41.8 Å². The average Bonchev–Trinajstić information content (AvgIpc) is 3.23. The molecule has 0 rings (SSSR count). The Morgan fingerprint density at radius 1 is 0.532 bits per heavy atom. The summed E-state index contributed by atoms with van der Waals surface area (Å²) in [6.07, 6.45) is 45.4. The monoisotopic (exact) mass is 912 g/mol. The summed E-state index contributed by atoms with van der Waals surface area (Å²) < 4.78 is 47.6. The van der Waals surface area contributed by atoms with Crippen LogP contribution in [0, 0.1) is 0 Å². The SMILES string of the molecule is CC/C=C\C/C=C\C/C=C\C/C=C\C/C=C\C/C=C\CCC(=O)OC[C@H](COP(=O)(O)OC[C@@H](O)COP(=O)(O)O)OC(=O)CCCCCCCC(O)/C=C/C=C/C/C=C/CC. The number of phosphoric ester groups is 2. The van der Waals surface area contributed by atoms with Gasteiger partial charge >= 0.3 is 27.6 Å². The van der Waals surface area contributed by atoms with Gasteiger partial charge in [-0.1, -0.05) is 149 Å². The van der Waals surface area contributed by atoms with Gasteiger partial charge in [-0.05, 0) is 70.6 Å². The van der Waals surface area contributed by atoms with Gasteiger partial charge in [0.1, 0.15) is 12.7 Å². The van der Waals surface area contributed by atoms with Crippen molar-refractivity contribution in [3.63, 3.8) is 0 Å². The quantitative estimate of drug-likeness (QED) is 0.0128. The predicted octanol–water partition coefficient (Wildman–Crippen LogP) is 10.1. The Kier molecular flexibility index (Phi) is 38.4. The molecule has 5 N–H and O–H groups in total. The van der Waals surface area contributed by atoms with Crippen LogP contribution in [0.1, 0.15) is 123 Å². The van der Waals surface area contributed by atoms with E-state index >= 15 is 0 Å². The standard InChI is InChI=1S/C46H74O14P2/c1-3-5-7-9-11-12-13-14-15-16-17-18-19-20-21-22-24-28-32-36-45(49)56-40-44(41-59-62(54,55)58-39-43(48)38-57-61(51,52)53)60-46(50)37-33-29-25-27-31-35-42(47)34-30-26-23-10-8-6-4-2/h5-8,11-12,14-15,17-18,20-21,23-24,26,28,30,34,42-44,47-48H,3-4,9-10,13,16,19,22,25,27,29,31-33,35-41H2,1-2H3,(H,54,55)(H2,51,52,53)/b7-5-,8-6+,12-11-,15-14-,18-17-,21-20-,26-23+,28-24-,34-30+/t42?,43-,44+/m0/s1. The Hall–Kier alpha value is -3.26. The molecule has 4 atom stereocenters. The highest BCUT2D eigenvalue weighted by Crippen LogP contribution is 2.43. The molecular formula is C46H74O14P2. The average molecular weight is 913 g/mol. The summed E-state index contributed by atoms with van der Waals surface area (Å²) in [4.78, 5) is 52.7. The van der Waals surface area contributed by atoms with Crippen LogP contribution in [0.5, 0.6) is 0 Å². The lowest BCUT2D eigenvalue weighted by Gasteiger charge is -2.20. The number of hydrogen-bond acceptors (Lipinski definition) is 11. The number of unbranched alkanes of at least 4 members (excludes halogenated alkanes) is 4. The van der Waals surface area contributed by atoms with Gasteiger partial charge in [0, 0.05) is 12.8 Å². The summed E-state index contributed by atoms with van der Waals surface area (Å²) in [7, 11) is -9.74. The summed E-state index contributed by atoms with van der Waals surface area (Å²) in [5.41, 5.74) is 0. The van der Waals surface area contributed by atoms with E-state index in [-0.39, 0.29) is 12.8 Å². The third-order valence-electron chi connectivity index (χ3n) is 8.26. The van der Waals surface area contributed by atoms with Crippen LogP contribution in [0.3, 0.4) is 0 Å². The first-order valence-corrected chi connectivity index (χ1v) is 24.7. The second-order valence-corrected chi connectivity index (χ2v) is 16.7. The maximum atomic E-state index is 12.7. The van der Waals surface area contributed by atoms with Gasteiger partial charge in [-0.2, -0.15) is 0 Å². The first-order valence-electron chi connectivity index (χ1n) is 21.7. The summed E-state index contributed by atoms with van der Waals surface area (Å²) in [6, 6.07) is 0. The molecule has 0 bridgehead atoms. The van der Waals surface area contributed by atoms with Crippen LogP contribution in [-0.4, -0.2) is 81.6 Å². The summed E-state index contributed by atoms with van der Waals surface area (Å²) in [5, 5.41) is 19.9. The molecule has 0 aliphatic heterocycles. The number of carbonyl (C=O) groups excluding carboxylic acids is 2. The molecule has 0 saturated heterocycles. The minimum absolute atomic E-state index is 0.0390. The van der Waals surface area contributed by atoms with Crippen molar-refractivity contribution in [3.8, 4) is 0 Å². The van der Waals surface area contributed by atoms with Gasteiger partial charge in [-0.25, -0.2) is 9.13 Å². The van der Waals surface area contributed by atoms with Crippen molar-refractivity contribution in [2.24, 2.45) is 0 Å². The van der Waals surface area contributed by atoms with Crippen LogP contribution in [0.25, 0.3) is 0 Å². The van der Waals surface area contributed by atoms with Gasteiger partial charge in [0.15, 0.2) is 6.10 Å². The number of aliphatic hydroxyl groups is 2. The van der Waals surface area contributed by atoms with E-state index in [9.17, 15) is 33.8 Å². The molecule has 0 radical (unpaired) electrons. The smallest absolute Gasteiger partial charge is 0.462 e. The third kappa shape index (κ3) is 43.4. The van der Waals surface area contributed by atoms with Gasteiger partial charge in [0.2, 0.25) is 0 Å². The zero-order chi connectivity index (χ0) is 46.0. The number of esters is 2. The first kappa shape index (κ1) is 58.7. The van der Waals surface area contributed by atoms with E-state index in [4.69, 9.17) is 23.8 Å². The minimum atomic E-state index is -4.89. The van der Waals surface area contributed by atoms with Gasteiger partial charge < -0.3 is 34.4 Å².